The summed E-state index contributed by atoms with van der Waals surface area (Å²) in [5, 5.41) is 6.80. The summed E-state index contributed by atoms with van der Waals surface area (Å²) in [4.78, 5) is 9.36. The number of aliphatic imine (C=N–C) groups is 1. The van der Waals surface area contributed by atoms with Gasteiger partial charge in [-0.05, 0) is 52.0 Å². The molecule has 1 rings (SSSR count). The van der Waals surface area contributed by atoms with E-state index in [1.807, 2.05) is 18.4 Å². The van der Waals surface area contributed by atoms with Gasteiger partial charge in [0.15, 0.2) is 5.96 Å². The number of nitrogens with one attached hydrogen (secondary N) is 2. The highest BCUT2D eigenvalue weighted by molar-refractivity contribution is 7.11. The predicted octanol–water partition coefficient (Wildman–Crippen LogP) is 3.49. The van der Waals surface area contributed by atoms with Crippen molar-refractivity contribution in [2.75, 3.05) is 34.2 Å². The van der Waals surface area contributed by atoms with E-state index in [4.69, 9.17) is 0 Å². The molecular weight excluding hydrogens is 304 g/mol. The minimum Gasteiger partial charge on any atom is -0.356 e. The Labute approximate surface area is 146 Å². The van der Waals surface area contributed by atoms with Crippen LogP contribution in [0.3, 0.4) is 0 Å². The molecule has 0 fully saturated rings. The zero-order valence-corrected chi connectivity index (χ0v) is 16.1. The van der Waals surface area contributed by atoms with Crippen LogP contribution in [0.1, 0.15) is 48.8 Å². The molecule has 0 aliphatic heterocycles. The van der Waals surface area contributed by atoms with Gasteiger partial charge in [-0.2, -0.15) is 0 Å². The zero-order chi connectivity index (χ0) is 16.9. The third-order valence-electron chi connectivity index (χ3n) is 3.79. The molecule has 132 valence electrons. The molecule has 5 heteroatoms. The van der Waals surface area contributed by atoms with Gasteiger partial charge >= 0.3 is 0 Å². The Bertz CT molecular complexity index is 440. The first-order valence-electron chi connectivity index (χ1n) is 8.82. The number of guanidine groups is 1. The Morgan fingerprint density at radius 1 is 1.04 bits per heavy atom. The summed E-state index contributed by atoms with van der Waals surface area (Å²) in [7, 11) is 6.12. The Balaban J connectivity index is 2.05. The summed E-state index contributed by atoms with van der Waals surface area (Å²) in [6.45, 7) is 5.26. The molecule has 0 saturated carbocycles. The molecule has 0 aliphatic rings. The minimum absolute atomic E-state index is 0.856. The molecule has 2 N–H and O–H groups in total. The fourth-order valence-electron chi connectivity index (χ4n) is 2.39. The molecule has 1 aromatic rings. The SMILES string of the molecule is CCc1ccc(CNC(=NC)NCCCCCCCN(C)C)s1. The third kappa shape index (κ3) is 9.61. The molecule has 23 heavy (non-hydrogen) atoms. The van der Waals surface area contributed by atoms with E-state index >= 15 is 0 Å². The topological polar surface area (TPSA) is 39.7 Å². The predicted molar refractivity (Wildman–Crippen MR) is 104 cm³/mol. The molecule has 4 nitrogen and oxygen atoms in total. The van der Waals surface area contributed by atoms with Gasteiger partial charge in [0, 0.05) is 23.3 Å². The van der Waals surface area contributed by atoms with Gasteiger partial charge in [-0.3, -0.25) is 4.99 Å². The van der Waals surface area contributed by atoms with Crippen molar-refractivity contribution in [2.24, 2.45) is 4.99 Å². The number of nitrogens with zero attached hydrogens (tertiary/aromatic N) is 2. The average Bonchev–Trinajstić information content (AvgIpc) is 3.00. The highest BCUT2D eigenvalue weighted by Gasteiger charge is 2.01. The lowest BCUT2D eigenvalue weighted by molar-refractivity contribution is 0.389. The highest BCUT2D eigenvalue weighted by atomic mass is 32.1. The number of thiophene rings is 1. The van der Waals surface area contributed by atoms with Crippen molar-refractivity contribution in [1.29, 1.82) is 0 Å². The number of rotatable bonds is 11. The number of aryl methyl sites for hydroxylation is 1. The maximum atomic E-state index is 4.29. The fraction of sp³-hybridized carbons (Fsp3) is 0.722. The van der Waals surface area contributed by atoms with Crippen LogP contribution in [0.25, 0.3) is 0 Å². The smallest absolute Gasteiger partial charge is 0.191 e. The Morgan fingerprint density at radius 3 is 2.39 bits per heavy atom. The van der Waals surface area contributed by atoms with Crippen molar-refractivity contribution in [1.82, 2.24) is 15.5 Å². The van der Waals surface area contributed by atoms with Crippen LogP contribution in [0.4, 0.5) is 0 Å². The normalized spacial score (nSPS) is 12.0. The van der Waals surface area contributed by atoms with Gasteiger partial charge < -0.3 is 15.5 Å². The molecule has 0 bridgehead atoms. The van der Waals surface area contributed by atoms with Crippen LogP contribution in [0.15, 0.2) is 17.1 Å². The second-order valence-electron chi connectivity index (χ2n) is 6.15. The van der Waals surface area contributed by atoms with E-state index in [1.165, 1.54) is 48.4 Å². The molecule has 1 heterocycles. The van der Waals surface area contributed by atoms with E-state index in [2.05, 4.69) is 53.7 Å². The van der Waals surface area contributed by atoms with Gasteiger partial charge in [-0.15, -0.1) is 11.3 Å². The van der Waals surface area contributed by atoms with Gasteiger partial charge in [-0.25, -0.2) is 0 Å². The summed E-state index contributed by atoms with van der Waals surface area (Å²) >= 11 is 1.88. The van der Waals surface area contributed by atoms with Gasteiger partial charge in [0.25, 0.3) is 0 Å². The van der Waals surface area contributed by atoms with Crippen molar-refractivity contribution in [3.63, 3.8) is 0 Å². The molecule has 0 spiro atoms. The largest absolute Gasteiger partial charge is 0.356 e. The van der Waals surface area contributed by atoms with E-state index in [9.17, 15) is 0 Å². The van der Waals surface area contributed by atoms with Crippen LogP contribution in [0.2, 0.25) is 0 Å². The van der Waals surface area contributed by atoms with Crippen molar-refractivity contribution in [3.8, 4) is 0 Å². The highest BCUT2D eigenvalue weighted by Crippen LogP contribution is 2.16. The molecule has 0 unspecified atom stereocenters. The summed E-state index contributed by atoms with van der Waals surface area (Å²) in [6, 6.07) is 4.42. The first kappa shape index (κ1) is 20.0. The van der Waals surface area contributed by atoms with Gasteiger partial charge in [0.2, 0.25) is 0 Å². The summed E-state index contributed by atoms with van der Waals surface area (Å²) < 4.78 is 0. The molecule has 0 aliphatic carbocycles. The second kappa shape index (κ2) is 12.4. The molecule has 0 amide bonds. The van der Waals surface area contributed by atoms with Gasteiger partial charge in [0.05, 0.1) is 6.54 Å². The molecular formula is C18H34N4S. The standard InChI is InChI=1S/C18H34N4S/c1-5-16-11-12-17(23-16)15-21-18(19-2)20-13-9-7-6-8-10-14-22(3)4/h11-12H,5-10,13-15H2,1-4H3,(H2,19,20,21). The van der Waals surface area contributed by atoms with Crippen LogP contribution in [-0.2, 0) is 13.0 Å². The summed E-state index contributed by atoms with van der Waals surface area (Å²) in [6.07, 6.45) is 7.60. The lowest BCUT2D eigenvalue weighted by atomic mass is 10.1. The Kier molecular flexibility index (Phi) is 10.7. The first-order chi connectivity index (χ1) is 11.2. The van der Waals surface area contributed by atoms with E-state index in [0.29, 0.717) is 0 Å². The lowest BCUT2D eigenvalue weighted by Crippen LogP contribution is -2.37. The Hall–Kier alpha value is -1.07. The van der Waals surface area contributed by atoms with Crippen LogP contribution in [0, 0.1) is 0 Å². The second-order valence-corrected chi connectivity index (χ2v) is 7.40. The lowest BCUT2D eigenvalue weighted by Gasteiger charge is -2.11. The zero-order valence-electron chi connectivity index (χ0n) is 15.3. The molecule has 0 radical (unpaired) electrons. The molecule has 1 aromatic heterocycles. The van der Waals surface area contributed by atoms with E-state index in [1.54, 1.807) is 0 Å². The molecule has 0 saturated heterocycles. The summed E-state index contributed by atoms with van der Waals surface area (Å²) in [5.74, 6) is 0.907. The van der Waals surface area contributed by atoms with Crippen molar-refractivity contribution in [3.05, 3.63) is 21.9 Å². The van der Waals surface area contributed by atoms with E-state index in [-0.39, 0.29) is 0 Å². The fourth-order valence-corrected chi connectivity index (χ4v) is 3.29. The quantitative estimate of drug-likeness (QED) is 0.369. The molecule has 0 atom stereocenters. The van der Waals surface area contributed by atoms with Crippen LogP contribution in [-0.4, -0.2) is 45.1 Å². The van der Waals surface area contributed by atoms with Gasteiger partial charge in [0.1, 0.15) is 0 Å². The van der Waals surface area contributed by atoms with E-state index in [0.717, 1.165) is 25.5 Å². The van der Waals surface area contributed by atoms with Gasteiger partial charge in [-0.1, -0.05) is 26.2 Å². The summed E-state index contributed by atoms with van der Waals surface area (Å²) in [5.41, 5.74) is 0. The number of hydrogen-bond donors (Lipinski definition) is 2. The third-order valence-corrected chi connectivity index (χ3v) is 5.02. The van der Waals surface area contributed by atoms with Crippen molar-refractivity contribution < 1.29 is 0 Å². The number of hydrogen-bond acceptors (Lipinski definition) is 3. The van der Waals surface area contributed by atoms with Crippen LogP contribution >= 0.6 is 11.3 Å². The average molecular weight is 339 g/mol. The van der Waals surface area contributed by atoms with Crippen molar-refractivity contribution in [2.45, 2.75) is 52.0 Å². The number of unbranched alkanes of at least 4 members (excludes halogenated alkanes) is 4. The molecule has 0 aromatic carbocycles. The minimum atomic E-state index is 0.856. The van der Waals surface area contributed by atoms with Crippen LogP contribution < -0.4 is 10.6 Å². The van der Waals surface area contributed by atoms with Crippen molar-refractivity contribution >= 4 is 17.3 Å². The Morgan fingerprint density at radius 2 is 1.74 bits per heavy atom. The monoisotopic (exact) mass is 338 g/mol. The maximum absolute atomic E-state index is 4.29. The maximum Gasteiger partial charge on any atom is 0.191 e. The van der Waals surface area contributed by atoms with Crippen LogP contribution in [0.5, 0.6) is 0 Å². The van der Waals surface area contributed by atoms with E-state index < -0.39 is 0 Å². The first-order valence-corrected chi connectivity index (χ1v) is 9.64.